The van der Waals surface area contributed by atoms with Gasteiger partial charge in [-0.15, -0.1) is 0 Å². The average Bonchev–Trinajstić information content (AvgIpc) is 2.88. The van der Waals surface area contributed by atoms with Crippen LogP contribution in [0.15, 0.2) is 36.5 Å². The van der Waals surface area contributed by atoms with Gasteiger partial charge in [-0.05, 0) is 38.5 Å². The highest BCUT2D eigenvalue weighted by Gasteiger charge is 2.30. The maximum absolute atomic E-state index is 13.0. The molecule has 1 aromatic heterocycles. The Balaban J connectivity index is 1.88. The zero-order valence-corrected chi connectivity index (χ0v) is 15.8. The van der Waals surface area contributed by atoms with E-state index in [-0.39, 0.29) is 17.2 Å². The molecule has 0 spiro atoms. The van der Waals surface area contributed by atoms with Gasteiger partial charge in [-0.1, -0.05) is 18.2 Å². The van der Waals surface area contributed by atoms with Crippen LogP contribution in [0.4, 0.5) is 0 Å². The second-order valence-electron chi connectivity index (χ2n) is 7.16. The van der Waals surface area contributed by atoms with Crippen molar-refractivity contribution in [1.29, 1.82) is 10.8 Å². The molecular weight excluding hydrogens is 342 g/mol. The van der Waals surface area contributed by atoms with Gasteiger partial charge < -0.3 is 15.4 Å². The van der Waals surface area contributed by atoms with Gasteiger partial charge >= 0.3 is 0 Å². The number of hydrogen-bond donors (Lipinski definition) is 4. The van der Waals surface area contributed by atoms with Gasteiger partial charge in [-0.3, -0.25) is 20.2 Å². The lowest BCUT2D eigenvalue weighted by atomic mass is 10.0. The third-order valence-electron chi connectivity index (χ3n) is 4.64. The van der Waals surface area contributed by atoms with Crippen molar-refractivity contribution in [1.82, 2.24) is 15.2 Å². The van der Waals surface area contributed by atoms with Crippen molar-refractivity contribution in [2.75, 3.05) is 13.2 Å². The number of hydrogen-bond acceptors (Lipinski definition) is 5. The third-order valence-corrected chi connectivity index (χ3v) is 4.64. The lowest BCUT2D eigenvalue weighted by Gasteiger charge is -2.29. The number of aromatic nitrogens is 1. The van der Waals surface area contributed by atoms with Gasteiger partial charge in [0.1, 0.15) is 23.7 Å². The molecule has 7 nitrogen and oxygen atoms in total. The maximum atomic E-state index is 13.0. The van der Waals surface area contributed by atoms with E-state index in [2.05, 4.69) is 10.6 Å². The Bertz CT molecular complexity index is 946. The first-order valence-corrected chi connectivity index (χ1v) is 8.91. The summed E-state index contributed by atoms with van der Waals surface area (Å²) >= 11 is 0. The van der Waals surface area contributed by atoms with Crippen LogP contribution in [0.25, 0.3) is 0 Å². The standard InChI is InChI=1S/C20H25N5O2/c1-13-6-5-10-25(17(13)21)19(22)20(2,3)24-18(26)15-8-4-7-14-12-23-9-11-27-16(14)15/h4-8,10,21-23H,9,11-12H2,1-3H3,(H,24,26). The van der Waals surface area contributed by atoms with E-state index in [0.717, 1.165) is 17.7 Å². The molecule has 0 unspecified atom stereocenters. The van der Waals surface area contributed by atoms with Crippen LogP contribution in [0.5, 0.6) is 5.75 Å². The lowest BCUT2D eigenvalue weighted by molar-refractivity contribution is 0.0927. The summed E-state index contributed by atoms with van der Waals surface area (Å²) in [6, 6.07) is 9.11. The van der Waals surface area contributed by atoms with Crippen LogP contribution < -0.4 is 20.9 Å². The van der Waals surface area contributed by atoms with Gasteiger partial charge in [0.05, 0.1) is 11.1 Å². The van der Waals surface area contributed by atoms with Gasteiger partial charge in [0, 0.05) is 24.8 Å². The molecule has 7 heteroatoms. The fraction of sp³-hybridized carbons (Fsp3) is 0.350. The van der Waals surface area contributed by atoms with E-state index in [9.17, 15) is 4.79 Å². The number of carbonyl (C=O) groups is 1. The van der Waals surface area contributed by atoms with Crippen molar-refractivity contribution >= 4 is 11.7 Å². The SMILES string of the molecule is Cc1cccn(C(=N)C(C)(C)NC(=O)c2cccc3c2OCCNC3)c1=N. The van der Waals surface area contributed by atoms with E-state index < -0.39 is 5.54 Å². The second kappa shape index (κ2) is 7.36. The molecule has 0 bridgehead atoms. The Labute approximate surface area is 158 Å². The number of carbonyl (C=O) groups excluding carboxylic acids is 1. The van der Waals surface area contributed by atoms with Gasteiger partial charge in [0.2, 0.25) is 0 Å². The van der Waals surface area contributed by atoms with E-state index in [4.69, 9.17) is 15.6 Å². The zero-order valence-electron chi connectivity index (χ0n) is 15.8. The molecule has 1 amide bonds. The molecule has 0 saturated carbocycles. The minimum absolute atomic E-state index is 0.120. The number of aryl methyl sites for hydroxylation is 1. The van der Waals surface area contributed by atoms with Crippen molar-refractivity contribution in [3.63, 3.8) is 0 Å². The van der Waals surface area contributed by atoms with Crippen LogP contribution in [0.1, 0.15) is 35.3 Å². The monoisotopic (exact) mass is 367 g/mol. The Morgan fingerprint density at radius 1 is 1.30 bits per heavy atom. The number of amides is 1. The summed E-state index contributed by atoms with van der Waals surface area (Å²) in [5.74, 6) is 0.407. The number of para-hydroxylation sites is 1. The van der Waals surface area contributed by atoms with Crippen LogP contribution in [0.2, 0.25) is 0 Å². The van der Waals surface area contributed by atoms with E-state index in [0.29, 0.717) is 24.5 Å². The Hall–Kier alpha value is -2.93. The first-order valence-electron chi connectivity index (χ1n) is 8.91. The molecule has 0 aliphatic carbocycles. The molecule has 1 aliphatic heterocycles. The third kappa shape index (κ3) is 3.78. The van der Waals surface area contributed by atoms with Crippen molar-refractivity contribution in [3.8, 4) is 5.75 Å². The molecule has 3 rings (SSSR count). The number of rotatable bonds is 3. The summed E-state index contributed by atoms with van der Waals surface area (Å²) < 4.78 is 7.26. The molecule has 2 aromatic rings. The highest BCUT2D eigenvalue weighted by Crippen LogP contribution is 2.26. The first-order chi connectivity index (χ1) is 12.8. The highest BCUT2D eigenvalue weighted by atomic mass is 16.5. The molecular formula is C20H25N5O2. The van der Waals surface area contributed by atoms with Gasteiger partial charge in [-0.2, -0.15) is 0 Å². The van der Waals surface area contributed by atoms with E-state index in [1.165, 1.54) is 4.57 Å². The topological polar surface area (TPSA) is 103 Å². The van der Waals surface area contributed by atoms with Crippen LogP contribution in [-0.2, 0) is 6.54 Å². The predicted octanol–water partition coefficient (Wildman–Crippen LogP) is 1.79. The lowest BCUT2D eigenvalue weighted by Crippen LogP contribution is -2.53. The largest absolute Gasteiger partial charge is 0.491 e. The summed E-state index contributed by atoms with van der Waals surface area (Å²) in [6.07, 6.45) is 1.66. The minimum atomic E-state index is -0.975. The van der Waals surface area contributed by atoms with Gasteiger partial charge in [0.25, 0.3) is 5.91 Å². The molecule has 4 N–H and O–H groups in total. The fourth-order valence-corrected chi connectivity index (χ4v) is 3.04. The molecule has 0 fully saturated rings. The predicted molar refractivity (Wildman–Crippen MR) is 103 cm³/mol. The first kappa shape index (κ1) is 18.8. The number of nitrogens with zero attached hydrogens (tertiary/aromatic N) is 1. The zero-order chi connectivity index (χ0) is 19.6. The normalized spacial score (nSPS) is 13.9. The Morgan fingerprint density at radius 3 is 2.85 bits per heavy atom. The van der Waals surface area contributed by atoms with Crippen molar-refractivity contribution in [3.05, 3.63) is 58.7 Å². The number of ether oxygens (including phenoxy) is 1. The summed E-state index contributed by atoms with van der Waals surface area (Å²) in [5, 5.41) is 22.9. The van der Waals surface area contributed by atoms with E-state index >= 15 is 0 Å². The minimum Gasteiger partial charge on any atom is -0.491 e. The molecule has 0 atom stereocenters. The van der Waals surface area contributed by atoms with Crippen LogP contribution in [-0.4, -0.2) is 35.0 Å². The van der Waals surface area contributed by atoms with Crippen LogP contribution in [0.3, 0.4) is 0 Å². The highest BCUT2D eigenvalue weighted by molar-refractivity contribution is 6.02. The molecule has 27 heavy (non-hydrogen) atoms. The summed E-state index contributed by atoms with van der Waals surface area (Å²) in [5.41, 5.74) is 1.41. The summed E-state index contributed by atoms with van der Waals surface area (Å²) in [7, 11) is 0. The number of fused-ring (bicyclic) bond motifs is 1. The molecule has 2 heterocycles. The summed E-state index contributed by atoms with van der Waals surface area (Å²) in [4.78, 5) is 13.0. The van der Waals surface area contributed by atoms with Crippen molar-refractivity contribution in [2.24, 2.45) is 0 Å². The fourth-order valence-electron chi connectivity index (χ4n) is 3.04. The molecule has 0 radical (unpaired) electrons. The number of benzene rings is 1. The Morgan fingerprint density at radius 2 is 2.07 bits per heavy atom. The summed E-state index contributed by atoms with van der Waals surface area (Å²) in [6.45, 7) is 7.21. The van der Waals surface area contributed by atoms with Crippen LogP contribution >= 0.6 is 0 Å². The van der Waals surface area contributed by atoms with Crippen molar-refractivity contribution in [2.45, 2.75) is 32.9 Å². The van der Waals surface area contributed by atoms with Gasteiger partial charge in [0.15, 0.2) is 0 Å². The number of nitrogens with one attached hydrogen (secondary N) is 4. The van der Waals surface area contributed by atoms with E-state index in [1.54, 1.807) is 32.2 Å². The molecule has 0 saturated heterocycles. The second-order valence-corrected chi connectivity index (χ2v) is 7.16. The average molecular weight is 367 g/mol. The maximum Gasteiger partial charge on any atom is 0.255 e. The van der Waals surface area contributed by atoms with Crippen molar-refractivity contribution < 1.29 is 9.53 Å². The molecule has 142 valence electrons. The quantitative estimate of drug-likeness (QED) is 0.491. The number of pyridine rings is 1. The Kier molecular flexibility index (Phi) is 5.14. The van der Waals surface area contributed by atoms with Gasteiger partial charge in [-0.25, -0.2) is 0 Å². The van der Waals surface area contributed by atoms with E-state index in [1.807, 2.05) is 25.1 Å². The van der Waals surface area contributed by atoms with Crippen LogP contribution in [0, 0.1) is 17.7 Å². The molecule has 1 aliphatic rings. The molecule has 1 aromatic carbocycles. The smallest absolute Gasteiger partial charge is 0.255 e.